The van der Waals surface area contributed by atoms with Crippen molar-refractivity contribution in [1.82, 2.24) is 14.8 Å². The number of amides is 1. The summed E-state index contributed by atoms with van der Waals surface area (Å²) in [5.41, 5.74) is 2.19. The van der Waals surface area contributed by atoms with Gasteiger partial charge in [-0.05, 0) is 50.2 Å². The van der Waals surface area contributed by atoms with Gasteiger partial charge in [0.05, 0.1) is 28.5 Å². The van der Waals surface area contributed by atoms with E-state index in [1.54, 1.807) is 35.1 Å². The molecule has 3 heterocycles. The van der Waals surface area contributed by atoms with Crippen LogP contribution in [0.5, 0.6) is 17.2 Å². The van der Waals surface area contributed by atoms with E-state index < -0.39 is 12.5 Å². The first-order valence-electron chi connectivity index (χ1n) is 11.0. The number of fused-ring (bicyclic) bond motifs is 2. The highest BCUT2D eigenvalue weighted by atomic mass is 19.3. The van der Waals surface area contributed by atoms with Crippen molar-refractivity contribution in [3.63, 3.8) is 0 Å². The van der Waals surface area contributed by atoms with Gasteiger partial charge in [0.15, 0.2) is 17.1 Å². The summed E-state index contributed by atoms with van der Waals surface area (Å²) in [5, 5.41) is 7.63. The highest BCUT2D eigenvalue weighted by Crippen LogP contribution is 2.35. The summed E-state index contributed by atoms with van der Waals surface area (Å²) in [7, 11) is 0. The smallest absolute Gasteiger partial charge is 0.387 e. The van der Waals surface area contributed by atoms with Gasteiger partial charge in [0, 0.05) is 11.6 Å². The van der Waals surface area contributed by atoms with Gasteiger partial charge in [-0.2, -0.15) is 13.9 Å². The van der Waals surface area contributed by atoms with Gasteiger partial charge < -0.3 is 19.5 Å². The van der Waals surface area contributed by atoms with Crippen molar-refractivity contribution in [2.24, 2.45) is 0 Å². The second-order valence-corrected chi connectivity index (χ2v) is 8.16. The summed E-state index contributed by atoms with van der Waals surface area (Å²) >= 11 is 0. The predicted octanol–water partition coefficient (Wildman–Crippen LogP) is 5.30. The third kappa shape index (κ3) is 4.46. The Bertz CT molecular complexity index is 1400. The van der Waals surface area contributed by atoms with E-state index in [1.807, 2.05) is 26.0 Å². The van der Waals surface area contributed by atoms with Crippen LogP contribution < -0.4 is 19.5 Å². The van der Waals surface area contributed by atoms with Gasteiger partial charge in [-0.15, -0.1) is 0 Å². The minimum Gasteiger partial charge on any atom is -0.486 e. The highest BCUT2D eigenvalue weighted by molar-refractivity contribution is 6.13. The Balaban J connectivity index is 1.59. The number of aromatic nitrogens is 3. The van der Waals surface area contributed by atoms with Gasteiger partial charge in [-0.3, -0.25) is 4.79 Å². The number of rotatable bonds is 6. The molecule has 35 heavy (non-hydrogen) atoms. The zero-order valence-corrected chi connectivity index (χ0v) is 19.0. The maximum Gasteiger partial charge on any atom is 0.387 e. The summed E-state index contributed by atoms with van der Waals surface area (Å²) in [6.45, 7) is 1.82. The minimum absolute atomic E-state index is 0.00778. The van der Waals surface area contributed by atoms with Crippen LogP contribution in [0.25, 0.3) is 22.3 Å². The lowest BCUT2D eigenvalue weighted by atomic mass is 10.1. The molecule has 0 unspecified atom stereocenters. The molecule has 2 aromatic heterocycles. The van der Waals surface area contributed by atoms with Crippen LogP contribution in [-0.4, -0.2) is 40.5 Å². The summed E-state index contributed by atoms with van der Waals surface area (Å²) < 4.78 is 43.2. The Morgan fingerprint density at radius 2 is 1.86 bits per heavy atom. The fraction of sp³-hybridized carbons (Fsp3) is 0.240. The summed E-state index contributed by atoms with van der Waals surface area (Å²) in [5.74, 6) is 0.592. The van der Waals surface area contributed by atoms with Gasteiger partial charge in [-0.25, -0.2) is 9.67 Å². The first kappa shape index (κ1) is 22.6. The number of para-hydroxylation sites is 2. The molecule has 0 aliphatic carbocycles. The van der Waals surface area contributed by atoms with E-state index >= 15 is 0 Å². The minimum atomic E-state index is -3.02. The van der Waals surface area contributed by atoms with Crippen LogP contribution in [-0.2, 0) is 0 Å². The van der Waals surface area contributed by atoms with Crippen molar-refractivity contribution in [1.29, 1.82) is 0 Å². The topological polar surface area (TPSA) is 87.5 Å². The molecule has 0 atom stereocenters. The van der Waals surface area contributed by atoms with E-state index in [0.717, 1.165) is 5.56 Å². The SMILES string of the molecule is CC(C)n1ncc2c(C(=O)Nc3ccccc3OC(F)F)cc(-c3ccc4c(c3)OCCO4)nc21. The standard InChI is InChI=1S/C25H22F2N4O4/c1-14(2)31-23-17(13-28-31)16(24(32)30-18-5-3-4-6-20(18)35-25(26)27)12-19(29-23)15-7-8-21-22(11-15)34-10-9-33-21/h3-8,11-14,25H,9-10H2,1-2H3,(H,30,32). The van der Waals surface area contributed by atoms with Crippen molar-refractivity contribution in [3.8, 4) is 28.5 Å². The highest BCUT2D eigenvalue weighted by Gasteiger charge is 2.21. The molecule has 0 fully saturated rings. The predicted molar refractivity (Wildman–Crippen MR) is 125 cm³/mol. The zero-order valence-electron chi connectivity index (χ0n) is 19.0. The van der Waals surface area contributed by atoms with E-state index in [0.29, 0.717) is 47.0 Å². The van der Waals surface area contributed by atoms with E-state index in [-0.39, 0.29) is 17.5 Å². The number of halogens is 2. The first-order valence-corrected chi connectivity index (χ1v) is 11.0. The van der Waals surface area contributed by atoms with E-state index in [2.05, 4.69) is 15.2 Å². The Labute approximate surface area is 199 Å². The van der Waals surface area contributed by atoms with Crippen LogP contribution in [0.2, 0.25) is 0 Å². The summed E-state index contributed by atoms with van der Waals surface area (Å²) in [6, 6.07) is 13.1. The fourth-order valence-corrected chi connectivity index (χ4v) is 3.89. The maximum absolute atomic E-state index is 13.4. The average molecular weight is 480 g/mol. The molecule has 10 heteroatoms. The van der Waals surface area contributed by atoms with Crippen LogP contribution in [0.1, 0.15) is 30.2 Å². The third-order valence-electron chi connectivity index (χ3n) is 5.49. The Kier molecular flexibility index (Phi) is 5.94. The zero-order chi connectivity index (χ0) is 24.5. The molecule has 0 bridgehead atoms. The van der Waals surface area contributed by atoms with Crippen LogP contribution in [0.4, 0.5) is 14.5 Å². The summed E-state index contributed by atoms with van der Waals surface area (Å²) in [4.78, 5) is 18.2. The second kappa shape index (κ2) is 9.21. The molecule has 1 amide bonds. The van der Waals surface area contributed by atoms with E-state index in [9.17, 15) is 13.6 Å². The van der Waals surface area contributed by atoms with Gasteiger partial charge >= 0.3 is 6.61 Å². The molecule has 1 aliphatic heterocycles. The number of hydrogen-bond acceptors (Lipinski definition) is 6. The molecule has 2 aromatic carbocycles. The number of benzene rings is 2. The lowest BCUT2D eigenvalue weighted by Gasteiger charge is -2.19. The average Bonchev–Trinajstić information content (AvgIpc) is 3.28. The molecule has 180 valence electrons. The fourth-order valence-electron chi connectivity index (χ4n) is 3.89. The molecular formula is C25H22F2N4O4. The van der Waals surface area contributed by atoms with Crippen molar-refractivity contribution in [3.05, 3.63) is 60.3 Å². The molecular weight excluding hydrogens is 458 g/mol. The van der Waals surface area contributed by atoms with E-state index in [4.69, 9.17) is 14.5 Å². The molecule has 1 N–H and O–H groups in total. The number of carbonyl (C=O) groups excluding carboxylic acids is 1. The Hall–Kier alpha value is -4.21. The quantitative estimate of drug-likeness (QED) is 0.403. The number of anilines is 1. The molecule has 0 radical (unpaired) electrons. The van der Waals surface area contributed by atoms with Crippen LogP contribution >= 0.6 is 0 Å². The van der Waals surface area contributed by atoms with Crippen LogP contribution in [0, 0.1) is 0 Å². The third-order valence-corrected chi connectivity index (χ3v) is 5.49. The van der Waals surface area contributed by atoms with Crippen molar-refractivity contribution in [2.45, 2.75) is 26.5 Å². The molecule has 4 aromatic rings. The molecule has 0 saturated carbocycles. The lowest BCUT2D eigenvalue weighted by Crippen LogP contribution is -2.15. The van der Waals surface area contributed by atoms with Gasteiger partial charge in [0.2, 0.25) is 0 Å². The molecule has 1 aliphatic rings. The molecule has 0 saturated heterocycles. The monoisotopic (exact) mass is 480 g/mol. The van der Waals surface area contributed by atoms with Crippen LogP contribution in [0.15, 0.2) is 54.7 Å². The molecule has 5 rings (SSSR count). The number of alkyl halides is 2. The first-order chi connectivity index (χ1) is 16.9. The number of pyridine rings is 1. The molecule has 0 spiro atoms. The van der Waals surface area contributed by atoms with Gasteiger partial charge in [0.1, 0.15) is 19.0 Å². The van der Waals surface area contributed by atoms with Crippen molar-refractivity contribution in [2.75, 3.05) is 18.5 Å². The Morgan fingerprint density at radius 1 is 1.09 bits per heavy atom. The Morgan fingerprint density at radius 3 is 2.63 bits per heavy atom. The van der Waals surface area contributed by atoms with Crippen molar-refractivity contribution >= 4 is 22.6 Å². The number of carbonyl (C=O) groups is 1. The van der Waals surface area contributed by atoms with Gasteiger partial charge in [0.25, 0.3) is 5.91 Å². The lowest BCUT2D eigenvalue weighted by molar-refractivity contribution is -0.0493. The maximum atomic E-state index is 13.4. The second-order valence-electron chi connectivity index (χ2n) is 8.16. The molecule has 8 nitrogen and oxygen atoms in total. The van der Waals surface area contributed by atoms with Gasteiger partial charge in [-0.1, -0.05) is 12.1 Å². The van der Waals surface area contributed by atoms with Crippen LogP contribution in [0.3, 0.4) is 0 Å². The normalized spacial score (nSPS) is 12.9. The van der Waals surface area contributed by atoms with E-state index in [1.165, 1.54) is 12.1 Å². The summed E-state index contributed by atoms with van der Waals surface area (Å²) in [6.07, 6.45) is 1.58. The number of nitrogens with one attached hydrogen (secondary N) is 1. The largest absolute Gasteiger partial charge is 0.486 e. The number of ether oxygens (including phenoxy) is 3. The number of hydrogen-bond donors (Lipinski definition) is 1. The number of nitrogens with zero attached hydrogens (tertiary/aromatic N) is 3. The van der Waals surface area contributed by atoms with Crippen molar-refractivity contribution < 1.29 is 27.8 Å².